The second-order valence-corrected chi connectivity index (χ2v) is 5.99. The van der Waals surface area contributed by atoms with Crippen LogP contribution >= 0.6 is 0 Å². The molecule has 3 rings (SSSR count). The molecule has 0 aliphatic carbocycles. The average molecular weight is 356 g/mol. The first-order chi connectivity index (χ1) is 12.5. The first-order valence-electron chi connectivity index (χ1n) is 8.37. The third-order valence-electron chi connectivity index (χ3n) is 4.21. The van der Waals surface area contributed by atoms with Gasteiger partial charge in [-0.3, -0.25) is 9.20 Å². The molecule has 0 bridgehead atoms. The number of nitrogens with two attached hydrogens (primary N) is 1. The number of nitrogens with one attached hydrogen (secondary N) is 1. The number of rotatable bonds is 5. The minimum Gasteiger partial charge on any atom is -0.496 e. The maximum atomic E-state index is 14.6. The molecule has 0 saturated heterocycles. The SMILES string of the molecule is CCCNC(=O)c1nc2c(-c3c(F)ccc(C)c3OC)cccn2c1N. The molecule has 3 aromatic rings. The predicted octanol–water partition coefficient (Wildman–Crippen LogP) is 3.18. The standard InChI is InChI=1S/C19H21FN4O2/c1-4-9-22-19(25)15-17(21)24-10-5-6-12(18(24)23-15)14-13(20)8-7-11(2)16(14)26-3/h5-8,10H,4,9,21H2,1-3H3,(H,22,25). The van der Waals surface area contributed by atoms with Crippen LogP contribution in [0.15, 0.2) is 30.5 Å². The molecular weight excluding hydrogens is 335 g/mol. The van der Waals surface area contributed by atoms with Crippen LogP contribution in [0.3, 0.4) is 0 Å². The highest BCUT2D eigenvalue weighted by Crippen LogP contribution is 2.37. The minimum atomic E-state index is -0.431. The largest absolute Gasteiger partial charge is 0.496 e. The van der Waals surface area contributed by atoms with Gasteiger partial charge in [0.2, 0.25) is 0 Å². The van der Waals surface area contributed by atoms with Crippen molar-refractivity contribution in [1.29, 1.82) is 0 Å². The highest BCUT2D eigenvalue weighted by atomic mass is 19.1. The number of carbonyl (C=O) groups is 1. The molecule has 1 amide bonds. The Bertz CT molecular complexity index is 981. The second-order valence-electron chi connectivity index (χ2n) is 5.99. The van der Waals surface area contributed by atoms with Crippen LogP contribution in [0.4, 0.5) is 10.2 Å². The van der Waals surface area contributed by atoms with Crippen molar-refractivity contribution >= 4 is 17.4 Å². The smallest absolute Gasteiger partial charge is 0.273 e. The third kappa shape index (κ3) is 2.85. The molecule has 0 aliphatic rings. The fourth-order valence-electron chi connectivity index (χ4n) is 2.95. The van der Waals surface area contributed by atoms with Gasteiger partial charge < -0.3 is 15.8 Å². The zero-order valence-electron chi connectivity index (χ0n) is 15.0. The molecule has 136 valence electrons. The number of ether oxygens (including phenoxy) is 1. The Morgan fingerprint density at radius 2 is 2.15 bits per heavy atom. The van der Waals surface area contributed by atoms with Gasteiger partial charge in [0.1, 0.15) is 23.0 Å². The number of nitrogen functional groups attached to an aromatic ring is 1. The number of methoxy groups -OCH3 is 1. The van der Waals surface area contributed by atoms with Gasteiger partial charge in [0, 0.05) is 18.3 Å². The maximum absolute atomic E-state index is 14.6. The number of amides is 1. The highest BCUT2D eigenvalue weighted by molar-refractivity contribution is 5.99. The van der Waals surface area contributed by atoms with E-state index in [-0.39, 0.29) is 17.4 Å². The van der Waals surface area contributed by atoms with E-state index >= 15 is 0 Å². The van der Waals surface area contributed by atoms with Crippen LogP contribution < -0.4 is 15.8 Å². The summed E-state index contributed by atoms with van der Waals surface area (Å²) in [6.45, 7) is 4.32. The summed E-state index contributed by atoms with van der Waals surface area (Å²) in [5.74, 6) is -0.145. The quantitative estimate of drug-likeness (QED) is 0.736. The van der Waals surface area contributed by atoms with Gasteiger partial charge in [-0.1, -0.05) is 13.0 Å². The van der Waals surface area contributed by atoms with Gasteiger partial charge in [0.05, 0.1) is 12.7 Å². The number of aromatic nitrogens is 2. The summed E-state index contributed by atoms with van der Waals surface area (Å²) in [7, 11) is 1.49. The molecule has 7 heteroatoms. The number of carbonyl (C=O) groups excluding carboxylic acids is 1. The van der Waals surface area contributed by atoms with Crippen molar-refractivity contribution in [2.24, 2.45) is 0 Å². The van der Waals surface area contributed by atoms with E-state index in [0.717, 1.165) is 12.0 Å². The number of anilines is 1. The van der Waals surface area contributed by atoms with Crippen molar-refractivity contribution < 1.29 is 13.9 Å². The Morgan fingerprint density at radius 3 is 2.85 bits per heavy atom. The van der Waals surface area contributed by atoms with Crippen molar-refractivity contribution in [3.05, 3.63) is 47.5 Å². The zero-order chi connectivity index (χ0) is 18.8. The molecule has 6 nitrogen and oxygen atoms in total. The highest BCUT2D eigenvalue weighted by Gasteiger charge is 2.22. The Hall–Kier alpha value is -3.09. The van der Waals surface area contributed by atoms with Crippen LogP contribution in [0.1, 0.15) is 29.4 Å². The Labute approximate surface area is 150 Å². The van der Waals surface area contributed by atoms with Gasteiger partial charge in [0.25, 0.3) is 5.91 Å². The van der Waals surface area contributed by atoms with Crippen LogP contribution in [0.5, 0.6) is 5.75 Å². The van der Waals surface area contributed by atoms with E-state index < -0.39 is 5.82 Å². The Morgan fingerprint density at radius 1 is 1.38 bits per heavy atom. The van der Waals surface area contributed by atoms with Gasteiger partial charge in [0.15, 0.2) is 5.69 Å². The summed E-state index contributed by atoms with van der Waals surface area (Å²) in [5, 5.41) is 2.76. The molecule has 0 fully saturated rings. The topological polar surface area (TPSA) is 81.6 Å². The fourth-order valence-corrected chi connectivity index (χ4v) is 2.95. The van der Waals surface area contributed by atoms with Crippen molar-refractivity contribution in [3.63, 3.8) is 0 Å². The maximum Gasteiger partial charge on any atom is 0.273 e. The van der Waals surface area contributed by atoms with E-state index in [1.54, 1.807) is 28.8 Å². The number of fused-ring (bicyclic) bond motifs is 1. The lowest BCUT2D eigenvalue weighted by Crippen LogP contribution is -2.25. The van der Waals surface area contributed by atoms with Crippen LogP contribution in [0.25, 0.3) is 16.8 Å². The molecule has 2 heterocycles. The second kappa shape index (κ2) is 7.03. The molecule has 2 aromatic heterocycles. The number of benzene rings is 1. The van der Waals surface area contributed by atoms with Gasteiger partial charge in [-0.25, -0.2) is 9.37 Å². The average Bonchev–Trinajstić information content (AvgIpc) is 2.98. The minimum absolute atomic E-state index is 0.123. The zero-order valence-corrected chi connectivity index (χ0v) is 15.0. The van der Waals surface area contributed by atoms with E-state index in [1.807, 2.05) is 13.8 Å². The number of nitrogens with zero attached hydrogens (tertiary/aromatic N) is 2. The molecule has 0 unspecified atom stereocenters. The molecule has 0 spiro atoms. The van der Waals surface area contributed by atoms with Crippen molar-refractivity contribution in [1.82, 2.24) is 14.7 Å². The monoisotopic (exact) mass is 356 g/mol. The lowest BCUT2D eigenvalue weighted by atomic mass is 10.0. The summed E-state index contributed by atoms with van der Waals surface area (Å²) < 4.78 is 21.6. The molecular formula is C19H21FN4O2. The number of imidazole rings is 1. The Balaban J connectivity index is 2.24. The molecule has 3 N–H and O–H groups in total. The first kappa shape index (κ1) is 17.7. The summed E-state index contributed by atoms with van der Waals surface area (Å²) in [6.07, 6.45) is 2.49. The fraction of sp³-hybridized carbons (Fsp3) is 0.263. The van der Waals surface area contributed by atoms with E-state index in [1.165, 1.54) is 13.2 Å². The first-order valence-corrected chi connectivity index (χ1v) is 8.37. The van der Waals surface area contributed by atoms with E-state index in [4.69, 9.17) is 10.5 Å². The lowest BCUT2D eigenvalue weighted by molar-refractivity contribution is 0.0950. The number of hydrogen-bond donors (Lipinski definition) is 2. The molecule has 0 aliphatic heterocycles. The van der Waals surface area contributed by atoms with Gasteiger partial charge >= 0.3 is 0 Å². The molecule has 1 aromatic carbocycles. The molecule has 26 heavy (non-hydrogen) atoms. The van der Waals surface area contributed by atoms with Crippen LogP contribution in [-0.2, 0) is 0 Å². The summed E-state index contributed by atoms with van der Waals surface area (Å²) >= 11 is 0. The predicted molar refractivity (Wildman–Crippen MR) is 98.9 cm³/mol. The van der Waals surface area contributed by atoms with Crippen LogP contribution in [-0.4, -0.2) is 28.9 Å². The normalized spacial score (nSPS) is 10.9. The van der Waals surface area contributed by atoms with E-state index in [2.05, 4.69) is 10.3 Å². The van der Waals surface area contributed by atoms with Gasteiger partial charge in [-0.05, 0) is 37.1 Å². The van der Waals surface area contributed by atoms with Gasteiger partial charge in [-0.2, -0.15) is 0 Å². The van der Waals surface area contributed by atoms with Crippen LogP contribution in [0, 0.1) is 12.7 Å². The van der Waals surface area contributed by atoms with E-state index in [9.17, 15) is 9.18 Å². The van der Waals surface area contributed by atoms with E-state index in [0.29, 0.717) is 29.1 Å². The number of pyridine rings is 1. The van der Waals surface area contributed by atoms with Crippen molar-refractivity contribution in [3.8, 4) is 16.9 Å². The summed E-state index contributed by atoms with van der Waals surface area (Å²) in [4.78, 5) is 16.7. The molecule has 0 atom stereocenters. The summed E-state index contributed by atoms with van der Waals surface area (Å²) in [5.41, 5.74) is 8.23. The number of aryl methyl sites for hydroxylation is 1. The Kier molecular flexibility index (Phi) is 4.79. The number of halogens is 1. The van der Waals surface area contributed by atoms with Crippen molar-refractivity contribution in [2.75, 3.05) is 19.4 Å². The molecule has 0 radical (unpaired) electrons. The summed E-state index contributed by atoms with van der Waals surface area (Å²) in [6, 6.07) is 6.50. The third-order valence-corrected chi connectivity index (χ3v) is 4.21. The van der Waals surface area contributed by atoms with Gasteiger partial charge in [-0.15, -0.1) is 0 Å². The molecule has 0 saturated carbocycles. The van der Waals surface area contributed by atoms with Crippen LogP contribution in [0.2, 0.25) is 0 Å². The lowest BCUT2D eigenvalue weighted by Gasteiger charge is -2.13. The number of hydrogen-bond acceptors (Lipinski definition) is 4. The van der Waals surface area contributed by atoms with Crippen molar-refractivity contribution in [2.45, 2.75) is 20.3 Å².